The van der Waals surface area contributed by atoms with Gasteiger partial charge < -0.3 is 10.4 Å². The summed E-state index contributed by atoms with van der Waals surface area (Å²) in [6.45, 7) is 3.49. The van der Waals surface area contributed by atoms with E-state index in [1.54, 1.807) is 7.05 Å². The molecule has 0 spiro atoms. The highest BCUT2D eigenvalue weighted by atomic mass is 32.2. The zero-order valence-corrected chi connectivity index (χ0v) is 20.7. The first-order valence-electron chi connectivity index (χ1n) is 10.6. The maximum absolute atomic E-state index is 13.6. The summed E-state index contributed by atoms with van der Waals surface area (Å²) in [6.07, 6.45) is 0.892. The molecule has 0 radical (unpaired) electrons. The summed E-state index contributed by atoms with van der Waals surface area (Å²) in [5.41, 5.74) is -2.67. The molecule has 4 rings (SSSR count). The molecule has 0 aromatic carbocycles. The standard InChI is InChI=1S/C20H24F3N7O3S2/c1-19(2,31)15-10-24-17(34-15)16-14(20(21,22)23)9-25-18(28-16)27-12-4-6-30(7-5-12)35(32,33)13-8-26-29(3)11-13/h8-12,31H,4-7H2,1-3H3,(H,25,27,28). The molecule has 10 nitrogen and oxygen atoms in total. The second kappa shape index (κ2) is 9.11. The molecule has 1 fully saturated rings. The van der Waals surface area contributed by atoms with E-state index in [2.05, 4.69) is 25.4 Å². The smallest absolute Gasteiger partial charge is 0.385 e. The summed E-state index contributed by atoms with van der Waals surface area (Å²) in [7, 11) is -2.04. The maximum Gasteiger partial charge on any atom is 0.420 e. The molecule has 1 aliphatic heterocycles. The minimum atomic E-state index is -4.69. The van der Waals surface area contributed by atoms with Crippen LogP contribution in [0.2, 0.25) is 0 Å². The summed E-state index contributed by atoms with van der Waals surface area (Å²) in [5, 5.41) is 17.1. The van der Waals surface area contributed by atoms with Crippen molar-refractivity contribution in [3.05, 3.63) is 35.2 Å². The van der Waals surface area contributed by atoms with Gasteiger partial charge in [0.15, 0.2) is 0 Å². The minimum absolute atomic E-state index is 0.0114. The zero-order chi connectivity index (χ0) is 25.6. The topological polar surface area (TPSA) is 126 Å². The van der Waals surface area contributed by atoms with Crippen LogP contribution in [0, 0.1) is 0 Å². The number of aryl methyl sites for hydroxylation is 1. The molecule has 35 heavy (non-hydrogen) atoms. The number of alkyl halides is 3. The third kappa shape index (κ3) is 5.47. The highest BCUT2D eigenvalue weighted by molar-refractivity contribution is 7.89. The summed E-state index contributed by atoms with van der Waals surface area (Å²) >= 11 is 0.921. The lowest BCUT2D eigenvalue weighted by Gasteiger charge is -2.31. The van der Waals surface area contributed by atoms with Crippen LogP contribution < -0.4 is 5.32 Å². The number of hydrogen-bond donors (Lipinski definition) is 2. The Hall–Kier alpha value is -2.62. The van der Waals surface area contributed by atoms with Gasteiger partial charge in [0, 0.05) is 44.8 Å². The van der Waals surface area contributed by atoms with Crippen LogP contribution in [0.3, 0.4) is 0 Å². The van der Waals surface area contributed by atoms with Gasteiger partial charge in [-0.05, 0) is 26.7 Å². The van der Waals surface area contributed by atoms with E-state index >= 15 is 0 Å². The number of anilines is 1. The van der Waals surface area contributed by atoms with Gasteiger partial charge in [-0.2, -0.15) is 22.6 Å². The number of hydrogen-bond acceptors (Lipinski definition) is 9. The van der Waals surface area contributed by atoms with Gasteiger partial charge in [0.1, 0.15) is 21.2 Å². The summed E-state index contributed by atoms with van der Waals surface area (Å²) in [6, 6.07) is -0.233. The van der Waals surface area contributed by atoms with Gasteiger partial charge in [0.05, 0.1) is 16.7 Å². The van der Waals surface area contributed by atoms with Crippen LogP contribution in [0.4, 0.5) is 19.1 Å². The molecule has 2 N–H and O–H groups in total. The van der Waals surface area contributed by atoms with E-state index in [9.17, 15) is 26.7 Å². The molecule has 0 amide bonds. The van der Waals surface area contributed by atoms with Crippen LogP contribution >= 0.6 is 11.3 Å². The Balaban J connectivity index is 1.51. The monoisotopic (exact) mass is 531 g/mol. The first-order valence-corrected chi connectivity index (χ1v) is 12.9. The molecule has 1 aliphatic rings. The third-order valence-corrected chi connectivity index (χ3v) is 8.68. The first kappa shape index (κ1) is 25.5. The largest absolute Gasteiger partial charge is 0.420 e. The lowest BCUT2D eigenvalue weighted by Crippen LogP contribution is -2.42. The van der Waals surface area contributed by atoms with Gasteiger partial charge in [0.25, 0.3) is 0 Å². The molecule has 0 bridgehead atoms. The minimum Gasteiger partial charge on any atom is -0.385 e. The fourth-order valence-corrected chi connectivity index (χ4v) is 5.97. The molecule has 0 aliphatic carbocycles. The summed E-state index contributed by atoms with van der Waals surface area (Å²) in [5.74, 6) is -0.0124. The van der Waals surface area contributed by atoms with Crippen LogP contribution in [0.5, 0.6) is 0 Å². The van der Waals surface area contributed by atoms with Crippen LogP contribution in [-0.4, -0.2) is 61.7 Å². The number of aromatic nitrogens is 5. The average molecular weight is 532 g/mol. The molecule has 4 heterocycles. The van der Waals surface area contributed by atoms with Crippen LogP contribution in [0.25, 0.3) is 10.7 Å². The van der Waals surface area contributed by atoms with Crippen molar-refractivity contribution in [1.82, 2.24) is 29.0 Å². The Kier molecular flexibility index (Phi) is 6.63. The van der Waals surface area contributed by atoms with Crippen molar-refractivity contribution in [2.24, 2.45) is 7.05 Å². The van der Waals surface area contributed by atoms with Gasteiger partial charge in [-0.1, -0.05) is 0 Å². The molecular formula is C20H24F3N7O3S2. The lowest BCUT2D eigenvalue weighted by molar-refractivity contribution is -0.137. The van der Waals surface area contributed by atoms with Crippen LogP contribution in [0.15, 0.2) is 29.7 Å². The molecule has 0 saturated carbocycles. The predicted octanol–water partition coefficient (Wildman–Crippen LogP) is 2.85. The number of halogens is 3. The van der Waals surface area contributed by atoms with Crippen molar-refractivity contribution < 1.29 is 26.7 Å². The van der Waals surface area contributed by atoms with E-state index in [0.29, 0.717) is 23.9 Å². The third-order valence-electron chi connectivity index (χ3n) is 5.51. The van der Waals surface area contributed by atoms with Gasteiger partial charge in [-0.3, -0.25) is 4.68 Å². The Bertz CT molecular complexity index is 1310. The second-order valence-electron chi connectivity index (χ2n) is 8.71. The van der Waals surface area contributed by atoms with Crippen LogP contribution in [0.1, 0.15) is 37.1 Å². The maximum atomic E-state index is 13.6. The normalized spacial score (nSPS) is 16.5. The van der Waals surface area contributed by atoms with Gasteiger partial charge in [-0.25, -0.2) is 23.4 Å². The van der Waals surface area contributed by atoms with Crippen molar-refractivity contribution in [2.75, 3.05) is 18.4 Å². The highest BCUT2D eigenvalue weighted by Gasteiger charge is 2.37. The fraction of sp³-hybridized carbons (Fsp3) is 0.500. The Morgan fingerprint density at radius 1 is 1.14 bits per heavy atom. The van der Waals surface area contributed by atoms with Crippen molar-refractivity contribution >= 4 is 27.3 Å². The number of nitrogens with zero attached hydrogens (tertiary/aromatic N) is 6. The van der Waals surface area contributed by atoms with Gasteiger partial charge >= 0.3 is 6.18 Å². The number of rotatable bonds is 6. The quantitative estimate of drug-likeness (QED) is 0.497. The molecule has 0 atom stereocenters. The Morgan fingerprint density at radius 2 is 1.83 bits per heavy atom. The number of nitrogens with one attached hydrogen (secondary N) is 1. The predicted molar refractivity (Wildman–Crippen MR) is 122 cm³/mol. The summed E-state index contributed by atoms with van der Waals surface area (Å²) < 4.78 is 69.2. The van der Waals surface area contributed by atoms with E-state index in [1.807, 2.05) is 0 Å². The molecule has 190 valence electrons. The molecule has 1 saturated heterocycles. The highest BCUT2D eigenvalue weighted by Crippen LogP contribution is 2.39. The van der Waals surface area contributed by atoms with Crippen molar-refractivity contribution in [3.8, 4) is 10.7 Å². The SMILES string of the molecule is Cn1cc(S(=O)(=O)N2CCC(Nc3ncc(C(F)(F)F)c(-c4ncc(C(C)(C)O)s4)n3)CC2)cn1. The molecule has 3 aromatic heterocycles. The first-order chi connectivity index (χ1) is 16.2. The lowest BCUT2D eigenvalue weighted by atomic mass is 10.1. The zero-order valence-electron chi connectivity index (χ0n) is 19.1. The number of piperidine rings is 1. The number of aliphatic hydroxyl groups is 1. The molecule has 0 unspecified atom stereocenters. The van der Waals surface area contributed by atoms with Crippen LogP contribution in [-0.2, 0) is 28.8 Å². The fourth-order valence-electron chi connectivity index (χ4n) is 3.59. The number of thiazole rings is 1. The van der Waals surface area contributed by atoms with Crippen molar-refractivity contribution in [3.63, 3.8) is 0 Å². The van der Waals surface area contributed by atoms with Gasteiger partial charge in [-0.15, -0.1) is 11.3 Å². The average Bonchev–Trinajstić information content (AvgIpc) is 3.43. The van der Waals surface area contributed by atoms with E-state index in [4.69, 9.17) is 0 Å². The summed E-state index contributed by atoms with van der Waals surface area (Å²) in [4.78, 5) is 12.5. The van der Waals surface area contributed by atoms with E-state index in [1.165, 1.54) is 41.4 Å². The van der Waals surface area contributed by atoms with Crippen molar-refractivity contribution in [1.29, 1.82) is 0 Å². The Labute approximate surface area is 203 Å². The van der Waals surface area contributed by atoms with E-state index in [-0.39, 0.29) is 40.7 Å². The van der Waals surface area contributed by atoms with Gasteiger partial charge in [0.2, 0.25) is 16.0 Å². The number of sulfonamides is 1. The molecule has 15 heteroatoms. The van der Waals surface area contributed by atoms with E-state index < -0.39 is 27.4 Å². The Morgan fingerprint density at radius 3 is 2.37 bits per heavy atom. The van der Waals surface area contributed by atoms with E-state index in [0.717, 1.165) is 11.3 Å². The van der Waals surface area contributed by atoms with Crippen molar-refractivity contribution in [2.45, 2.75) is 49.4 Å². The molecule has 3 aromatic rings. The second-order valence-corrected chi connectivity index (χ2v) is 11.7. The molecular weight excluding hydrogens is 507 g/mol.